The molecule has 4 rings (SSSR count). The summed E-state index contributed by atoms with van der Waals surface area (Å²) in [4.78, 5) is 27.5. The third-order valence-corrected chi connectivity index (χ3v) is 6.24. The monoisotopic (exact) mass is 326 g/mol. The summed E-state index contributed by atoms with van der Waals surface area (Å²) in [6.07, 6.45) is 0. The zero-order valence-corrected chi connectivity index (χ0v) is 12.9. The Bertz CT molecular complexity index is 830. The quantitative estimate of drug-likeness (QED) is 0.570. The zero-order chi connectivity index (χ0) is 15.4. The molecule has 0 saturated heterocycles. The van der Waals surface area contributed by atoms with Gasteiger partial charge < -0.3 is 11.5 Å². The predicted molar refractivity (Wildman–Crippen MR) is 89.1 cm³/mol. The van der Waals surface area contributed by atoms with Crippen molar-refractivity contribution in [2.75, 3.05) is 11.5 Å². The number of fused-ring (bicyclic) bond motifs is 2. The summed E-state index contributed by atoms with van der Waals surface area (Å²) in [7, 11) is 0. The van der Waals surface area contributed by atoms with E-state index in [9.17, 15) is 9.59 Å². The van der Waals surface area contributed by atoms with Crippen molar-refractivity contribution in [3.05, 3.63) is 57.3 Å². The van der Waals surface area contributed by atoms with Crippen LogP contribution in [0.5, 0.6) is 0 Å². The van der Waals surface area contributed by atoms with E-state index in [1.807, 2.05) is 0 Å². The molecule has 2 aliphatic heterocycles. The second-order valence-electron chi connectivity index (χ2n) is 4.97. The van der Waals surface area contributed by atoms with Crippen LogP contribution in [0.15, 0.2) is 56.0 Å². The van der Waals surface area contributed by atoms with E-state index < -0.39 is 0 Å². The molecule has 108 valence electrons. The Kier molecular flexibility index (Phi) is 2.85. The van der Waals surface area contributed by atoms with Crippen molar-refractivity contribution >= 4 is 46.5 Å². The van der Waals surface area contributed by atoms with E-state index in [2.05, 4.69) is 0 Å². The van der Waals surface area contributed by atoms with Crippen LogP contribution in [0.3, 0.4) is 0 Å². The Labute approximate surface area is 134 Å². The first-order chi connectivity index (χ1) is 10.6. The molecule has 6 heteroatoms. The number of carbonyl (C=O) groups excluding carboxylic acids is 2. The molecule has 22 heavy (non-hydrogen) atoms. The minimum absolute atomic E-state index is 0.144. The van der Waals surface area contributed by atoms with E-state index in [4.69, 9.17) is 11.5 Å². The number of nitrogen functional groups attached to an aromatic ring is 2. The zero-order valence-electron chi connectivity index (χ0n) is 11.3. The van der Waals surface area contributed by atoms with Crippen LogP contribution in [0, 0.1) is 0 Å². The molecule has 0 spiro atoms. The van der Waals surface area contributed by atoms with Crippen molar-refractivity contribution in [3.8, 4) is 0 Å². The number of carbonyl (C=O) groups is 2. The summed E-state index contributed by atoms with van der Waals surface area (Å²) in [5.41, 5.74) is 14.1. The highest BCUT2D eigenvalue weighted by molar-refractivity contribution is 8.08. The molecule has 2 aromatic rings. The van der Waals surface area contributed by atoms with Gasteiger partial charge in [-0.2, -0.15) is 0 Å². The van der Waals surface area contributed by atoms with Gasteiger partial charge in [0, 0.05) is 32.3 Å². The maximum atomic E-state index is 12.6. The second kappa shape index (κ2) is 4.66. The van der Waals surface area contributed by atoms with Crippen LogP contribution in [-0.2, 0) is 0 Å². The highest BCUT2D eigenvalue weighted by Gasteiger charge is 2.37. The number of allylic oxidation sites excluding steroid dienone is 2. The van der Waals surface area contributed by atoms with Crippen molar-refractivity contribution in [3.63, 3.8) is 0 Å². The molecule has 0 bridgehead atoms. The first-order valence-electron chi connectivity index (χ1n) is 6.54. The number of hydrogen-bond acceptors (Lipinski definition) is 6. The molecule has 2 heterocycles. The molecule has 0 aromatic heterocycles. The lowest BCUT2D eigenvalue weighted by molar-refractivity contribution is 0.101. The molecule has 0 amide bonds. The molecular formula is C16H10N2O2S2. The minimum atomic E-state index is -0.144. The topological polar surface area (TPSA) is 86.2 Å². The van der Waals surface area contributed by atoms with Crippen LogP contribution < -0.4 is 11.5 Å². The summed E-state index contributed by atoms with van der Waals surface area (Å²) in [6.45, 7) is 0. The summed E-state index contributed by atoms with van der Waals surface area (Å²) < 4.78 is 0. The average Bonchev–Trinajstić information content (AvgIpc) is 3.01. The van der Waals surface area contributed by atoms with Crippen LogP contribution in [0.4, 0.5) is 11.4 Å². The molecule has 4 nitrogen and oxygen atoms in total. The van der Waals surface area contributed by atoms with Gasteiger partial charge in [-0.25, -0.2) is 0 Å². The van der Waals surface area contributed by atoms with Crippen LogP contribution in [-0.4, -0.2) is 11.6 Å². The molecule has 2 aromatic carbocycles. The lowest BCUT2D eigenvalue weighted by Gasteiger charge is -2.00. The van der Waals surface area contributed by atoms with E-state index >= 15 is 0 Å². The fraction of sp³-hybridized carbons (Fsp3) is 0. The summed E-state index contributed by atoms with van der Waals surface area (Å²) in [6, 6.07) is 10.5. The first-order valence-corrected chi connectivity index (χ1v) is 8.17. The summed E-state index contributed by atoms with van der Waals surface area (Å²) in [5, 5.41) is 0. The van der Waals surface area contributed by atoms with Gasteiger partial charge in [0.15, 0.2) is 0 Å². The fourth-order valence-corrected chi connectivity index (χ4v) is 4.88. The van der Waals surface area contributed by atoms with Crippen molar-refractivity contribution in [1.29, 1.82) is 0 Å². The molecule has 0 unspecified atom stereocenters. The van der Waals surface area contributed by atoms with E-state index in [0.717, 1.165) is 9.79 Å². The maximum Gasteiger partial charge on any atom is 0.202 e. The largest absolute Gasteiger partial charge is 0.398 e. The van der Waals surface area contributed by atoms with E-state index in [1.54, 1.807) is 36.4 Å². The van der Waals surface area contributed by atoms with Crippen LogP contribution in [0.1, 0.15) is 20.7 Å². The third kappa shape index (κ3) is 1.74. The van der Waals surface area contributed by atoms with Crippen molar-refractivity contribution in [2.24, 2.45) is 0 Å². The molecule has 0 atom stereocenters. The number of ketones is 2. The number of Topliss-reactive ketones (excluding diaryl/α,β-unsaturated/α-hetero) is 2. The Balaban J connectivity index is 1.86. The number of thioether (sulfide) groups is 2. The van der Waals surface area contributed by atoms with Gasteiger partial charge in [0.05, 0.1) is 9.81 Å². The minimum Gasteiger partial charge on any atom is -0.398 e. The Hall–Kier alpha value is -2.18. The molecule has 0 radical (unpaired) electrons. The normalized spacial score (nSPS) is 19.5. The van der Waals surface area contributed by atoms with Crippen LogP contribution >= 0.6 is 23.5 Å². The SMILES string of the molecule is Nc1cccc2c1S/C(=C1\Sc3c(N)cccc3C1=O)C2=O. The van der Waals surface area contributed by atoms with E-state index in [1.165, 1.54) is 23.5 Å². The molecule has 0 fully saturated rings. The lowest BCUT2D eigenvalue weighted by atomic mass is 10.1. The van der Waals surface area contributed by atoms with Crippen molar-refractivity contribution < 1.29 is 9.59 Å². The number of anilines is 2. The molecule has 0 saturated carbocycles. The van der Waals surface area contributed by atoms with Gasteiger partial charge in [-0.15, -0.1) is 0 Å². The van der Waals surface area contributed by atoms with Gasteiger partial charge in [-0.05, 0) is 24.3 Å². The standard InChI is InChI=1S/C16H10N2O2S2/c17-9-5-1-3-7-11(19)15(21-13(7)9)16-12(20)8-4-2-6-10(18)14(8)22-16/h1-6H,17-18H2/b16-15-. The predicted octanol–water partition coefficient (Wildman–Crippen LogP) is 3.34. The first kappa shape index (κ1) is 13.5. The van der Waals surface area contributed by atoms with Crippen LogP contribution in [0.25, 0.3) is 0 Å². The average molecular weight is 326 g/mol. The smallest absolute Gasteiger partial charge is 0.202 e. The Morgan fingerprint density at radius 3 is 1.45 bits per heavy atom. The Morgan fingerprint density at radius 2 is 1.09 bits per heavy atom. The van der Waals surface area contributed by atoms with Gasteiger partial charge in [-0.3, -0.25) is 9.59 Å². The summed E-state index contributed by atoms with van der Waals surface area (Å²) in [5.74, 6) is -0.288. The van der Waals surface area contributed by atoms with E-state index in [-0.39, 0.29) is 11.6 Å². The van der Waals surface area contributed by atoms with Crippen molar-refractivity contribution in [2.45, 2.75) is 9.79 Å². The highest BCUT2D eigenvalue weighted by atomic mass is 32.2. The fourth-order valence-electron chi connectivity index (χ4n) is 2.54. The molecule has 2 aliphatic rings. The van der Waals surface area contributed by atoms with Gasteiger partial charge in [-0.1, -0.05) is 35.7 Å². The van der Waals surface area contributed by atoms with E-state index in [0.29, 0.717) is 32.3 Å². The molecule has 4 N–H and O–H groups in total. The third-order valence-electron chi connectivity index (χ3n) is 3.61. The number of benzene rings is 2. The molecular weight excluding hydrogens is 316 g/mol. The van der Waals surface area contributed by atoms with Gasteiger partial charge in [0.25, 0.3) is 0 Å². The number of hydrogen-bond donors (Lipinski definition) is 2. The van der Waals surface area contributed by atoms with Gasteiger partial charge in [0.1, 0.15) is 0 Å². The van der Waals surface area contributed by atoms with Crippen LogP contribution in [0.2, 0.25) is 0 Å². The highest BCUT2D eigenvalue weighted by Crippen LogP contribution is 2.52. The van der Waals surface area contributed by atoms with Gasteiger partial charge >= 0.3 is 0 Å². The lowest BCUT2D eigenvalue weighted by Crippen LogP contribution is -2.02. The maximum absolute atomic E-state index is 12.6. The number of rotatable bonds is 0. The number of nitrogens with two attached hydrogens (primary N) is 2. The summed E-state index contributed by atoms with van der Waals surface area (Å²) >= 11 is 2.54. The molecule has 0 aliphatic carbocycles. The second-order valence-corrected chi connectivity index (χ2v) is 7.01. The van der Waals surface area contributed by atoms with Crippen molar-refractivity contribution in [1.82, 2.24) is 0 Å². The van der Waals surface area contributed by atoms with Gasteiger partial charge in [0.2, 0.25) is 11.6 Å². The Morgan fingerprint density at radius 1 is 0.682 bits per heavy atom.